The summed E-state index contributed by atoms with van der Waals surface area (Å²) in [6.45, 7) is 0. The number of rotatable bonds is 0. The second kappa shape index (κ2) is 2.15. The molecule has 3 saturated carbocycles. The van der Waals surface area contributed by atoms with Crippen LogP contribution in [0.25, 0.3) is 0 Å². The van der Waals surface area contributed by atoms with Crippen molar-refractivity contribution < 1.29 is 18.3 Å². The molecule has 1 heterocycles. The van der Waals surface area contributed by atoms with Gasteiger partial charge in [0.05, 0.1) is 0 Å². The zero-order chi connectivity index (χ0) is 10.3. The lowest BCUT2D eigenvalue weighted by atomic mass is 9.57. The summed E-state index contributed by atoms with van der Waals surface area (Å²) >= 11 is 0. The van der Waals surface area contributed by atoms with Gasteiger partial charge in [-0.15, -0.1) is 0 Å². The SMILES string of the molecule is FC1(F)[C@@H]2CC[C@H]3[C@@H]1[C@@H](C2)C31OC=CO1. The van der Waals surface area contributed by atoms with Crippen molar-refractivity contribution in [2.45, 2.75) is 31.0 Å². The summed E-state index contributed by atoms with van der Waals surface area (Å²) in [4.78, 5) is 0. The Hall–Kier alpha value is -0.800. The lowest BCUT2D eigenvalue weighted by Gasteiger charge is -2.56. The molecule has 2 bridgehead atoms. The van der Waals surface area contributed by atoms with Gasteiger partial charge in [0, 0.05) is 23.7 Å². The van der Waals surface area contributed by atoms with Crippen LogP contribution >= 0.6 is 0 Å². The van der Waals surface area contributed by atoms with Crippen molar-refractivity contribution >= 4 is 0 Å². The summed E-state index contributed by atoms with van der Waals surface area (Å²) in [6, 6.07) is 0. The summed E-state index contributed by atoms with van der Waals surface area (Å²) in [5.74, 6) is -4.31. The molecule has 0 aromatic rings. The molecule has 2 nitrogen and oxygen atoms in total. The Morgan fingerprint density at radius 2 is 1.80 bits per heavy atom. The van der Waals surface area contributed by atoms with Gasteiger partial charge in [0.15, 0.2) is 0 Å². The first-order valence-corrected chi connectivity index (χ1v) is 5.55. The third-order valence-electron chi connectivity index (χ3n) is 4.81. The first kappa shape index (κ1) is 8.36. The molecule has 3 aliphatic carbocycles. The Bertz CT molecular complexity index is 336. The maximum Gasteiger partial charge on any atom is 0.256 e. The van der Waals surface area contributed by atoms with E-state index in [1.54, 1.807) is 0 Å². The number of hydrogen-bond donors (Lipinski definition) is 0. The van der Waals surface area contributed by atoms with Crippen LogP contribution in [0.15, 0.2) is 12.5 Å². The largest absolute Gasteiger partial charge is 0.456 e. The van der Waals surface area contributed by atoms with Crippen LogP contribution in [0.5, 0.6) is 0 Å². The Balaban J connectivity index is 1.76. The fraction of sp³-hybridized carbons (Fsp3) is 0.818. The van der Waals surface area contributed by atoms with E-state index in [9.17, 15) is 8.78 Å². The Labute approximate surface area is 86.2 Å². The minimum Gasteiger partial charge on any atom is -0.456 e. The van der Waals surface area contributed by atoms with Crippen LogP contribution in [0.3, 0.4) is 0 Å². The van der Waals surface area contributed by atoms with Crippen molar-refractivity contribution in [3.63, 3.8) is 0 Å². The molecule has 4 rings (SSSR count). The van der Waals surface area contributed by atoms with E-state index in [1.165, 1.54) is 12.5 Å². The second-order valence-electron chi connectivity index (χ2n) is 5.15. The molecule has 1 spiro atoms. The highest BCUT2D eigenvalue weighted by Gasteiger charge is 2.80. The van der Waals surface area contributed by atoms with E-state index in [0.717, 1.165) is 6.42 Å². The van der Waals surface area contributed by atoms with Gasteiger partial charge in [0.1, 0.15) is 12.5 Å². The van der Waals surface area contributed by atoms with Crippen LogP contribution in [0, 0.1) is 23.7 Å². The predicted molar refractivity (Wildman–Crippen MR) is 46.8 cm³/mol. The quantitative estimate of drug-likeness (QED) is 0.616. The molecule has 1 aliphatic heterocycles. The van der Waals surface area contributed by atoms with Crippen LogP contribution in [0.4, 0.5) is 8.78 Å². The second-order valence-corrected chi connectivity index (χ2v) is 5.15. The lowest BCUT2D eigenvalue weighted by Crippen LogP contribution is -2.65. The normalized spacial score (nSPS) is 51.1. The highest BCUT2D eigenvalue weighted by molar-refractivity contribution is 5.20. The van der Waals surface area contributed by atoms with E-state index < -0.39 is 23.5 Å². The molecule has 4 aliphatic rings. The molecule has 15 heavy (non-hydrogen) atoms. The van der Waals surface area contributed by atoms with Gasteiger partial charge in [-0.2, -0.15) is 0 Å². The zero-order valence-electron chi connectivity index (χ0n) is 8.16. The molecule has 0 amide bonds. The standard InChI is InChI=1S/C11H12F2O2/c12-10(13)6-1-2-7-9(10)8(5-6)11(7)14-3-4-15-11/h3-4,6-9H,1-2,5H2/t6-,7+,8-,9-/m1/s1. The van der Waals surface area contributed by atoms with Gasteiger partial charge in [0.2, 0.25) is 0 Å². The van der Waals surface area contributed by atoms with Crippen LogP contribution < -0.4 is 0 Å². The molecule has 82 valence electrons. The third kappa shape index (κ3) is 0.684. The van der Waals surface area contributed by atoms with Crippen LogP contribution in [-0.4, -0.2) is 11.7 Å². The molecule has 4 heteroatoms. The van der Waals surface area contributed by atoms with Gasteiger partial charge in [-0.1, -0.05) is 0 Å². The summed E-state index contributed by atoms with van der Waals surface area (Å²) < 4.78 is 38.6. The van der Waals surface area contributed by atoms with Crippen LogP contribution in [-0.2, 0) is 9.47 Å². The lowest BCUT2D eigenvalue weighted by molar-refractivity contribution is -0.335. The first-order chi connectivity index (χ1) is 7.16. The summed E-state index contributed by atoms with van der Waals surface area (Å²) in [7, 11) is 0. The van der Waals surface area contributed by atoms with Gasteiger partial charge >= 0.3 is 0 Å². The van der Waals surface area contributed by atoms with Crippen molar-refractivity contribution in [2.24, 2.45) is 23.7 Å². The third-order valence-corrected chi connectivity index (χ3v) is 4.81. The van der Waals surface area contributed by atoms with Gasteiger partial charge in [0.25, 0.3) is 11.7 Å². The molecular formula is C11H12F2O2. The van der Waals surface area contributed by atoms with Gasteiger partial charge in [-0.05, 0) is 19.3 Å². The van der Waals surface area contributed by atoms with Crippen LogP contribution in [0.1, 0.15) is 19.3 Å². The van der Waals surface area contributed by atoms with E-state index in [-0.39, 0.29) is 11.8 Å². The number of fused-ring (bicyclic) bond motifs is 3. The van der Waals surface area contributed by atoms with Crippen molar-refractivity contribution in [3.8, 4) is 0 Å². The molecule has 0 aromatic heterocycles. The topological polar surface area (TPSA) is 18.5 Å². The highest BCUT2D eigenvalue weighted by atomic mass is 19.3. The number of halogens is 2. The minimum atomic E-state index is -2.48. The number of hydrogen-bond acceptors (Lipinski definition) is 2. The monoisotopic (exact) mass is 214 g/mol. The fourth-order valence-corrected chi connectivity index (χ4v) is 4.24. The fourth-order valence-electron chi connectivity index (χ4n) is 4.24. The van der Waals surface area contributed by atoms with Gasteiger partial charge in [-0.25, -0.2) is 8.78 Å². The molecule has 4 atom stereocenters. The van der Waals surface area contributed by atoms with E-state index in [2.05, 4.69) is 0 Å². The summed E-state index contributed by atoms with van der Waals surface area (Å²) in [5.41, 5.74) is 0. The van der Waals surface area contributed by atoms with Crippen molar-refractivity contribution in [1.29, 1.82) is 0 Å². The number of ether oxygens (including phenoxy) is 2. The van der Waals surface area contributed by atoms with E-state index >= 15 is 0 Å². The minimum absolute atomic E-state index is 0.0972. The molecule has 3 fully saturated rings. The Morgan fingerprint density at radius 3 is 2.53 bits per heavy atom. The van der Waals surface area contributed by atoms with E-state index in [4.69, 9.17) is 9.47 Å². The van der Waals surface area contributed by atoms with Crippen molar-refractivity contribution in [3.05, 3.63) is 12.5 Å². The summed E-state index contributed by atoms with van der Waals surface area (Å²) in [6.07, 6.45) is 5.01. The summed E-state index contributed by atoms with van der Waals surface area (Å²) in [5, 5.41) is 0. The Kier molecular flexibility index (Phi) is 1.20. The maximum atomic E-state index is 13.8. The van der Waals surface area contributed by atoms with E-state index in [0.29, 0.717) is 12.8 Å². The predicted octanol–water partition coefficient (Wildman–Crippen LogP) is 2.51. The van der Waals surface area contributed by atoms with Gasteiger partial charge < -0.3 is 9.47 Å². The van der Waals surface area contributed by atoms with Crippen LogP contribution in [0.2, 0.25) is 0 Å². The maximum absolute atomic E-state index is 13.8. The average Bonchev–Trinajstić information content (AvgIpc) is 2.62. The molecule has 0 aromatic carbocycles. The smallest absolute Gasteiger partial charge is 0.256 e. The van der Waals surface area contributed by atoms with Gasteiger partial charge in [-0.3, -0.25) is 0 Å². The zero-order valence-corrected chi connectivity index (χ0v) is 8.16. The van der Waals surface area contributed by atoms with E-state index in [1.807, 2.05) is 0 Å². The molecular weight excluding hydrogens is 202 g/mol. The molecule has 0 unspecified atom stereocenters. The number of alkyl halides is 2. The highest BCUT2D eigenvalue weighted by Crippen LogP contribution is 2.72. The molecule has 0 saturated heterocycles. The average molecular weight is 214 g/mol. The molecule has 0 N–H and O–H groups in total. The van der Waals surface area contributed by atoms with Crippen molar-refractivity contribution in [1.82, 2.24) is 0 Å². The van der Waals surface area contributed by atoms with Crippen molar-refractivity contribution in [2.75, 3.05) is 0 Å². The molecule has 0 radical (unpaired) electrons. The first-order valence-electron chi connectivity index (χ1n) is 5.55. The Morgan fingerprint density at radius 1 is 1.07 bits per heavy atom.